The van der Waals surface area contributed by atoms with Crippen molar-refractivity contribution in [3.8, 4) is 17.2 Å². The number of ether oxygens (including phenoxy) is 2. The molecule has 0 amide bonds. The van der Waals surface area contributed by atoms with Crippen molar-refractivity contribution in [2.45, 2.75) is 33.3 Å². The molecule has 1 aromatic carbocycles. The van der Waals surface area contributed by atoms with Crippen LogP contribution in [-0.2, 0) is 4.79 Å². The Labute approximate surface area is 120 Å². The second kappa shape index (κ2) is 5.12. The van der Waals surface area contributed by atoms with Crippen LogP contribution in [0, 0.1) is 0 Å². The first-order valence-corrected chi connectivity index (χ1v) is 6.34. The zero-order valence-electron chi connectivity index (χ0n) is 12.2. The number of rotatable bonds is 2. The van der Waals surface area contributed by atoms with Crippen LogP contribution in [0.4, 0.5) is 0 Å². The molecule has 112 valence electrons. The summed E-state index contributed by atoms with van der Waals surface area (Å²) < 4.78 is 15.4. The van der Waals surface area contributed by atoms with Crippen molar-refractivity contribution in [2.75, 3.05) is 0 Å². The van der Waals surface area contributed by atoms with E-state index in [1.54, 1.807) is 6.07 Å². The Morgan fingerprint density at radius 3 is 2.52 bits per heavy atom. The number of carbonyl (C=O) groups is 1. The second-order valence-corrected chi connectivity index (χ2v) is 5.53. The van der Waals surface area contributed by atoms with E-state index in [0.29, 0.717) is 5.75 Å². The van der Waals surface area contributed by atoms with Gasteiger partial charge in [-0.2, -0.15) is 0 Å². The molecule has 0 saturated carbocycles. The lowest BCUT2D eigenvalue weighted by molar-refractivity contribution is -0.132. The first kappa shape index (κ1) is 14.9. The van der Waals surface area contributed by atoms with Crippen molar-refractivity contribution in [3.63, 3.8) is 0 Å². The number of carbonyl (C=O) groups excluding carboxylic acids is 1. The van der Waals surface area contributed by atoms with Gasteiger partial charge in [0, 0.05) is 13.0 Å². The van der Waals surface area contributed by atoms with Gasteiger partial charge in [0.05, 0.1) is 5.39 Å². The topological polar surface area (TPSA) is 86.0 Å². The van der Waals surface area contributed by atoms with Gasteiger partial charge in [-0.3, -0.25) is 4.79 Å². The molecular formula is C15H16O6. The van der Waals surface area contributed by atoms with Crippen molar-refractivity contribution >= 4 is 16.9 Å². The normalized spacial score (nSPS) is 11.4. The molecule has 2 aromatic rings. The fourth-order valence-electron chi connectivity index (χ4n) is 1.80. The molecule has 0 saturated heterocycles. The first-order valence-electron chi connectivity index (χ1n) is 6.34. The SMILES string of the molecule is CC(=O)Oc1c(O)c2ccc(OC(C)(C)C)cc2oc1=O. The molecule has 0 spiro atoms. The van der Waals surface area contributed by atoms with Gasteiger partial charge in [0.2, 0.25) is 0 Å². The zero-order valence-corrected chi connectivity index (χ0v) is 12.2. The number of fused-ring (bicyclic) bond motifs is 1. The van der Waals surface area contributed by atoms with E-state index in [4.69, 9.17) is 9.15 Å². The molecule has 0 aliphatic carbocycles. The highest BCUT2D eigenvalue weighted by molar-refractivity contribution is 5.87. The van der Waals surface area contributed by atoms with Crippen molar-refractivity contribution in [1.82, 2.24) is 0 Å². The van der Waals surface area contributed by atoms with Gasteiger partial charge in [0.25, 0.3) is 5.75 Å². The third-order valence-electron chi connectivity index (χ3n) is 2.48. The summed E-state index contributed by atoms with van der Waals surface area (Å²) in [4.78, 5) is 22.7. The Morgan fingerprint density at radius 2 is 1.95 bits per heavy atom. The quantitative estimate of drug-likeness (QED) is 0.676. The zero-order chi connectivity index (χ0) is 15.8. The summed E-state index contributed by atoms with van der Waals surface area (Å²) in [5, 5.41) is 10.3. The summed E-state index contributed by atoms with van der Waals surface area (Å²) in [5.74, 6) is -1.17. The summed E-state index contributed by atoms with van der Waals surface area (Å²) in [5.41, 5.74) is -1.19. The van der Waals surface area contributed by atoms with Crippen molar-refractivity contribution in [2.24, 2.45) is 0 Å². The molecule has 6 heteroatoms. The van der Waals surface area contributed by atoms with Crippen molar-refractivity contribution < 1.29 is 23.8 Å². The van der Waals surface area contributed by atoms with Crippen LogP contribution in [0.15, 0.2) is 27.4 Å². The average Bonchev–Trinajstić information content (AvgIpc) is 2.32. The number of aromatic hydroxyl groups is 1. The van der Waals surface area contributed by atoms with Crippen LogP contribution in [0.1, 0.15) is 27.7 Å². The molecule has 0 aliphatic heterocycles. The third kappa shape index (κ3) is 3.34. The average molecular weight is 292 g/mol. The summed E-state index contributed by atoms with van der Waals surface area (Å²) in [6, 6.07) is 4.66. The molecule has 0 bridgehead atoms. The van der Waals surface area contributed by atoms with E-state index in [2.05, 4.69) is 4.74 Å². The Hall–Kier alpha value is -2.50. The molecule has 0 radical (unpaired) electrons. The summed E-state index contributed by atoms with van der Waals surface area (Å²) in [7, 11) is 0. The van der Waals surface area contributed by atoms with E-state index in [0.717, 1.165) is 6.92 Å². The summed E-state index contributed by atoms with van der Waals surface area (Å²) in [6.07, 6.45) is 0. The lowest BCUT2D eigenvalue weighted by Crippen LogP contribution is -2.22. The van der Waals surface area contributed by atoms with E-state index in [1.807, 2.05) is 20.8 Å². The molecule has 2 rings (SSSR count). The number of esters is 1. The van der Waals surface area contributed by atoms with Crippen molar-refractivity contribution in [3.05, 3.63) is 28.6 Å². The van der Waals surface area contributed by atoms with Gasteiger partial charge in [0.15, 0.2) is 5.75 Å². The molecule has 1 heterocycles. The van der Waals surface area contributed by atoms with Crippen LogP contribution < -0.4 is 15.1 Å². The lowest BCUT2D eigenvalue weighted by Gasteiger charge is -2.21. The maximum Gasteiger partial charge on any atom is 0.383 e. The maximum atomic E-state index is 11.7. The standard InChI is InChI=1S/C15H16O6/c1-8(16)19-13-12(17)10-6-5-9(21-15(2,3)4)7-11(10)20-14(13)18/h5-7,17H,1-4H3. The van der Waals surface area contributed by atoms with Gasteiger partial charge in [0.1, 0.15) is 16.9 Å². The predicted octanol–water partition coefficient (Wildman–Crippen LogP) is 2.60. The molecule has 1 aromatic heterocycles. The predicted molar refractivity (Wildman–Crippen MR) is 75.8 cm³/mol. The van der Waals surface area contributed by atoms with Crippen LogP contribution >= 0.6 is 0 Å². The van der Waals surface area contributed by atoms with Gasteiger partial charge in [-0.1, -0.05) is 0 Å². The van der Waals surface area contributed by atoms with E-state index >= 15 is 0 Å². The van der Waals surface area contributed by atoms with Crippen LogP contribution in [0.25, 0.3) is 11.0 Å². The third-order valence-corrected chi connectivity index (χ3v) is 2.48. The highest BCUT2D eigenvalue weighted by Gasteiger charge is 2.18. The van der Waals surface area contributed by atoms with Gasteiger partial charge in [-0.25, -0.2) is 4.79 Å². The van der Waals surface area contributed by atoms with Crippen molar-refractivity contribution in [1.29, 1.82) is 0 Å². The Morgan fingerprint density at radius 1 is 1.29 bits per heavy atom. The fraction of sp³-hybridized carbons (Fsp3) is 0.333. The van der Waals surface area contributed by atoms with Gasteiger partial charge < -0.3 is 19.0 Å². The monoisotopic (exact) mass is 292 g/mol. The number of hydrogen-bond donors (Lipinski definition) is 1. The Kier molecular flexibility index (Phi) is 3.63. The van der Waals surface area contributed by atoms with Gasteiger partial charge in [-0.05, 0) is 32.9 Å². The minimum atomic E-state index is -0.928. The molecule has 6 nitrogen and oxygen atoms in total. The summed E-state index contributed by atoms with van der Waals surface area (Å²) >= 11 is 0. The first-order chi connectivity index (χ1) is 9.67. The lowest BCUT2D eigenvalue weighted by atomic mass is 10.1. The molecule has 0 unspecified atom stereocenters. The molecule has 0 fully saturated rings. The maximum absolute atomic E-state index is 11.7. The second-order valence-electron chi connectivity index (χ2n) is 5.53. The van der Waals surface area contributed by atoms with Crippen LogP contribution in [0.5, 0.6) is 17.2 Å². The van der Waals surface area contributed by atoms with Crippen LogP contribution in [-0.4, -0.2) is 16.7 Å². The van der Waals surface area contributed by atoms with Gasteiger partial charge >= 0.3 is 11.6 Å². The molecule has 21 heavy (non-hydrogen) atoms. The smallest absolute Gasteiger partial charge is 0.383 e. The molecular weight excluding hydrogens is 276 g/mol. The van der Waals surface area contributed by atoms with Crippen LogP contribution in [0.2, 0.25) is 0 Å². The Bertz CT molecular complexity index is 751. The Balaban J connectivity index is 2.56. The summed E-state index contributed by atoms with van der Waals surface area (Å²) in [6.45, 7) is 6.78. The van der Waals surface area contributed by atoms with E-state index in [1.165, 1.54) is 12.1 Å². The molecule has 0 atom stereocenters. The molecule has 0 aliphatic rings. The highest BCUT2D eigenvalue weighted by atomic mass is 16.6. The number of benzene rings is 1. The van der Waals surface area contributed by atoms with E-state index < -0.39 is 28.7 Å². The number of hydrogen-bond acceptors (Lipinski definition) is 6. The minimum Gasteiger partial charge on any atom is -0.504 e. The highest BCUT2D eigenvalue weighted by Crippen LogP contribution is 2.33. The largest absolute Gasteiger partial charge is 0.504 e. The van der Waals surface area contributed by atoms with E-state index in [9.17, 15) is 14.7 Å². The molecule has 1 N–H and O–H groups in total. The van der Waals surface area contributed by atoms with E-state index in [-0.39, 0.29) is 11.0 Å². The van der Waals surface area contributed by atoms with Crippen LogP contribution in [0.3, 0.4) is 0 Å². The fourth-order valence-corrected chi connectivity index (χ4v) is 1.80. The minimum absolute atomic E-state index is 0.148. The van der Waals surface area contributed by atoms with Gasteiger partial charge in [-0.15, -0.1) is 0 Å².